The minimum atomic E-state index is -2.64. The number of carbonyl (C=O) groups is 3. The van der Waals surface area contributed by atoms with Crippen LogP contribution in [0.4, 0.5) is 18.9 Å². The van der Waals surface area contributed by atoms with Crippen LogP contribution >= 0.6 is 0 Å². The van der Waals surface area contributed by atoms with Gasteiger partial charge in [0.25, 0.3) is 12.3 Å². The van der Waals surface area contributed by atoms with Crippen LogP contribution in [0.25, 0.3) is 0 Å². The standard InChI is InChI=1S/C25H29F3N2O5Si/c1-36(2,3)20-7-4-16(13-19(20)26)29-25(34)24-18-6-5-17(35-14-21(27)28)12-15(18)10-11-30(24)22(31)8-9-23(32)33/h4-7,12-13,21,24H,8-11,14H2,1-3H3,(H,29,34)(H,32,33)/t24-/m1/s1. The van der Waals surface area contributed by atoms with Crippen LogP contribution in [0.2, 0.25) is 19.6 Å². The molecule has 1 aliphatic rings. The molecule has 7 nitrogen and oxygen atoms in total. The SMILES string of the molecule is C[Si](C)(C)c1ccc(NC(=O)[C@H]2c3ccc(OCC(F)F)cc3CCN2C(=O)CCC(=O)O)cc1F. The molecule has 1 aliphatic heterocycles. The quantitative estimate of drug-likeness (QED) is 0.487. The number of benzene rings is 2. The maximum Gasteiger partial charge on any atom is 0.303 e. The van der Waals surface area contributed by atoms with Crippen molar-refractivity contribution in [3.8, 4) is 5.75 Å². The van der Waals surface area contributed by atoms with Gasteiger partial charge in [0.2, 0.25) is 5.91 Å². The van der Waals surface area contributed by atoms with Crippen molar-refractivity contribution in [2.24, 2.45) is 0 Å². The van der Waals surface area contributed by atoms with E-state index in [4.69, 9.17) is 9.84 Å². The largest absolute Gasteiger partial charge is 0.488 e. The van der Waals surface area contributed by atoms with Gasteiger partial charge in [-0.3, -0.25) is 14.4 Å². The molecule has 0 saturated heterocycles. The van der Waals surface area contributed by atoms with Crippen molar-refractivity contribution in [3.63, 3.8) is 0 Å². The molecule has 11 heteroatoms. The number of halogens is 3. The average Bonchev–Trinajstić information content (AvgIpc) is 2.79. The van der Waals surface area contributed by atoms with E-state index in [-0.39, 0.29) is 30.8 Å². The zero-order valence-corrected chi connectivity index (χ0v) is 21.3. The fraction of sp³-hybridized carbons (Fsp3) is 0.400. The van der Waals surface area contributed by atoms with Gasteiger partial charge in [-0.15, -0.1) is 0 Å². The number of carboxylic acid groups (broad SMARTS) is 1. The average molecular weight is 523 g/mol. The van der Waals surface area contributed by atoms with Gasteiger partial charge in [-0.2, -0.15) is 0 Å². The topological polar surface area (TPSA) is 95.9 Å². The predicted molar refractivity (Wildman–Crippen MR) is 131 cm³/mol. The number of hydrogen-bond donors (Lipinski definition) is 2. The molecule has 0 spiro atoms. The molecule has 0 bridgehead atoms. The zero-order valence-electron chi connectivity index (χ0n) is 20.3. The van der Waals surface area contributed by atoms with E-state index >= 15 is 0 Å². The van der Waals surface area contributed by atoms with Crippen molar-refractivity contribution in [3.05, 3.63) is 53.3 Å². The summed E-state index contributed by atoms with van der Waals surface area (Å²) in [6.07, 6.45) is -3.00. The van der Waals surface area contributed by atoms with Crippen LogP contribution in [-0.2, 0) is 20.8 Å². The fourth-order valence-electron chi connectivity index (χ4n) is 4.17. The minimum Gasteiger partial charge on any atom is -0.488 e. The van der Waals surface area contributed by atoms with Crippen LogP contribution in [0.5, 0.6) is 5.75 Å². The van der Waals surface area contributed by atoms with Gasteiger partial charge >= 0.3 is 5.97 Å². The summed E-state index contributed by atoms with van der Waals surface area (Å²) in [5.41, 5.74) is 1.33. The van der Waals surface area contributed by atoms with Crippen molar-refractivity contribution in [2.45, 2.75) is 51.4 Å². The first-order chi connectivity index (χ1) is 16.9. The van der Waals surface area contributed by atoms with Crippen LogP contribution in [0.15, 0.2) is 36.4 Å². The Balaban J connectivity index is 1.91. The summed E-state index contributed by atoms with van der Waals surface area (Å²) in [4.78, 5) is 38.5. The highest BCUT2D eigenvalue weighted by Crippen LogP contribution is 2.34. The van der Waals surface area contributed by atoms with Crippen molar-refractivity contribution in [1.82, 2.24) is 4.90 Å². The van der Waals surface area contributed by atoms with Gasteiger partial charge in [0, 0.05) is 18.7 Å². The number of nitrogens with zero attached hydrogens (tertiary/aromatic N) is 1. The van der Waals surface area contributed by atoms with E-state index in [0.717, 1.165) is 0 Å². The lowest BCUT2D eigenvalue weighted by Crippen LogP contribution is -2.45. The number of hydrogen-bond acceptors (Lipinski definition) is 4. The Labute approximate surface area is 208 Å². The number of amides is 2. The van der Waals surface area contributed by atoms with Crippen LogP contribution in [0.3, 0.4) is 0 Å². The van der Waals surface area contributed by atoms with E-state index in [2.05, 4.69) is 5.32 Å². The summed E-state index contributed by atoms with van der Waals surface area (Å²) in [6, 6.07) is 7.91. The highest BCUT2D eigenvalue weighted by molar-refractivity contribution is 6.88. The Morgan fingerprint density at radius 2 is 1.86 bits per heavy atom. The van der Waals surface area contributed by atoms with E-state index in [1.165, 1.54) is 23.1 Å². The first-order valence-electron chi connectivity index (χ1n) is 11.5. The molecule has 1 atom stereocenters. The minimum absolute atomic E-state index is 0.116. The number of rotatable bonds is 9. The summed E-state index contributed by atoms with van der Waals surface area (Å²) < 4.78 is 44.9. The number of aliphatic carboxylic acids is 1. The first kappa shape index (κ1) is 27.2. The van der Waals surface area contributed by atoms with Crippen LogP contribution in [-0.4, -0.2) is 55.4 Å². The smallest absolute Gasteiger partial charge is 0.303 e. The number of fused-ring (bicyclic) bond motifs is 1. The Morgan fingerprint density at radius 1 is 1.14 bits per heavy atom. The molecule has 2 amide bonds. The van der Waals surface area contributed by atoms with Gasteiger partial charge in [0.15, 0.2) is 0 Å². The Bertz CT molecular complexity index is 1150. The lowest BCUT2D eigenvalue weighted by Gasteiger charge is -2.36. The second-order valence-electron chi connectivity index (χ2n) is 9.63. The third-order valence-corrected chi connectivity index (χ3v) is 7.91. The highest BCUT2D eigenvalue weighted by Gasteiger charge is 2.36. The van der Waals surface area contributed by atoms with Crippen LogP contribution in [0.1, 0.15) is 30.0 Å². The van der Waals surface area contributed by atoms with Crippen LogP contribution in [0, 0.1) is 5.82 Å². The van der Waals surface area contributed by atoms with E-state index in [0.29, 0.717) is 22.7 Å². The zero-order chi connectivity index (χ0) is 26.6. The Hall–Kier alpha value is -3.34. The molecule has 0 unspecified atom stereocenters. The third kappa shape index (κ3) is 6.65. The lowest BCUT2D eigenvalue weighted by atomic mass is 9.91. The van der Waals surface area contributed by atoms with Gasteiger partial charge in [-0.25, -0.2) is 13.2 Å². The number of ether oxygens (including phenoxy) is 1. The molecule has 0 aromatic heterocycles. The maximum atomic E-state index is 14.7. The second-order valence-corrected chi connectivity index (χ2v) is 14.7. The molecule has 2 aromatic rings. The molecule has 0 radical (unpaired) electrons. The Kier molecular flexibility index (Phi) is 8.44. The third-order valence-electron chi connectivity index (χ3n) is 5.88. The number of nitrogens with one attached hydrogen (secondary N) is 1. The summed E-state index contributed by atoms with van der Waals surface area (Å²) >= 11 is 0. The van der Waals surface area contributed by atoms with Crippen molar-refractivity contribution < 1.29 is 37.4 Å². The van der Waals surface area contributed by atoms with Gasteiger partial charge < -0.3 is 20.1 Å². The van der Waals surface area contributed by atoms with E-state index in [1.807, 2.05) is 19.6 Å². The van der Waals surface area contributed by atoms with Gasteiger partial charge in [-0.05, 0) is 47.0 Å². The number of alkyl halides is 2. The number of carbonyl (C=O) groups excluding carboxylic acids is 2. The summed E-state index contributed by atoms with van der Waals surface area (Å²) in [7, 11) is -1.93. The molecule has 36 heavy (non-hydrogen) atoms. The van der Waals surface area contributed by atoms with E-state index in [1.54, 1.807) is 18.2 Å². The predicted octanol–water partition coefficient (Wildman–Crippen LogP) is 3.94. The normalized spacial score (nSPS) is 15.4. The highest BCUT2D eigenvalue weighted by atomic mass is 28.3. The van der Waals surface area contributed by atoms with E-state index in [9.17, 15) is 27.6 Å². The molecular formula is C25H29F3N2O5Si. The van der Waals surface area contributed by atoms with Gasteiger partial charge in [-0.1, -0.05) is 31.8 Å². The van der Waals surface area contributed by atoms with Crippen molar-refractivity contribution >= 4 is 36.7 Å². The summed E-state index contributed by atoms with van der Waals surface area (Å²) in [6.45, 7) is 5.35. The molecule has 3 rings (SSSR count). The van der Waals surface area contributed by atoms with Crippen LogP contribution < -0.4 is 15.2 Å². The molecule has 0 saturated carbocycles. The van der Waals surface area contributed by atoms with Gasteiger partial charge in [0.05, 0.1) is 14.5 Å². The summed E-state index contributed by atoms with van der Waals surface area (Å²) in [5.74, 6) is -2.46. The van der Waals surface area contributed by atoms with Gasteiger partial charge in [0.1, 0.15) is 24.2 Å². The fourth-order valence-corrected chi connectivity index (χ4v) is 5.54. The Morgan fingerprint density at radius 3 is 2.47 bits per heavy atom. The molecule has 0 fully saturated rings. The molecule has 0 aliphatic carbocycles. The second kappa shape index (κ2) is 11.1. The summed E-state index contributed by atoms with van der Waals surface area (Å²) in [5, 5.41) is 12.3. The maximum absolute atomic E-state index is 14.7. The van der Waals surface area contributed by atoms with E-state index < -0.39 is 50.7 Å². The molecular weight excluding hydrogens is 493 g/mol. The van der Waals surface area contributed by atoms with Crippen molar-refractivity contribution in [2.75, 3.05) is 18.5 Å². The first-order valence-corrected chi connectivity index (χ1v) is 15.0. The molecule has 1 heterocycles. The molecule has 194 valence electrons. The number of anilines is 1. The lowest BCUT2D eigenvalue weighted by molar-refractivity contribution is -0.143. The molecule has 2 N–H and O–H groups in total. The molecule has 2 aromatic carbocycles. The number of carboxylic acids is 1. The monoisotopic (exact) mass is 522 g/mol. The van der Waals surface area contributed by atoms with Crippen molar-refractivity contribution in [1.29, 1.82) is 0 Å².